The fraction of sp³-hybridized carbons (Fsp3) is 0.409. The largest absolute Gasteiger partial charge is 0.491 e. The standard InChI is InChI=1S/C22H28N2O2/c1-18(2)26-21-11-7-6-10-20(21)17-23-12-14-24(15-13-23)22(25)16-19-8-4-3-5-9-19/h3-11,18H,12-17H2,1-2H3. The van der Waals surface area contributed by atoms with E-state index >= 15 is 0 Å². The van der Waals surface area contributed by atoms with E-state index in [1.165, 1.54) is 5.56 Å². The summed E-state index contributed by atoms with van der Waals surface area (Å²) in [6.45, 7) is 8.34. The van der Waals surface area contributed by atoms with Gasteiger partial charge in [0.05, 0.1) is 12.5 Å². The molecule has 2 aromatic carbocycles. The zero-order valence-electron chi connectivity index (χ0n) is 15.7. The minimum Gasteiger partial charge on any atom is -0.491 e. The molecule has 0 aromatic heterocycles. The van der Waals surface area contributed by atoms with E-state index in [1.807, 2.05) is 61.2 Å². The van der Waals surface area contributed by atoms with Gasteiger partial charge in [0, 0.05) is 38.3 Å². The van der Waals surface area contributed by atoms with Gasteiger partial charge >= 0.3 is 0 Å². The second kappa shape index (κ2) is 8.86. The number of benzene rings is 2. The first-order valence-corrected chi connectivity index (χ1v) is 9.40. The smallest absolute Gasteiger partial charge is 0.227 e. The van der Waals surface area contributed by atoms with Crippen molar-refractivity contribution in [3.63, 3.8) is 0 Å². The van der Waals surface area contributed by atoms with Crippen LogP contribution in [0.1, 0.15) is 25.0 Å². The number of amides is 1. The Morgan fingerprint density at radius 2 is 1.62 bits per heavy atom. The Hall–Kier alpha value is -2.33. The van der Waals surface area contributed by atoms with Crippen molar-refractivity contribution in [3.05, 3.63) is 65.7 Å². The SMILES string of the molecule is CC(C)Oc1ccccc1CN1CCN(C(=O)Cc2ccccc2)CC1. The minimum atomic E-state index is 0.170. The van der Waals surface area contributed by atoms with Gasteiger partial charge in [-0.05, 0) is 25.5 Å². The molecule has 0 N–H and O–H groups in total. The lowest BCUT2D eigenvalue weighted by Gasteiger charge is -2.35. The molecule has 4 nitrogen and oxygen atoms in total. The lowest BCUT2D eigenvalue weighted by molar-refractivity contribution is -0.132. The Morgan fingerprint density at radius 1 is 0.962 bits per heavy atom. The third-order valence-electron chi connectivity index (χ3n) is 4.65. The molecule has 1 aliphatic rings. The van der Waals surface area contributed by atoms with Crippen LogP contribution in [0.15, 0.2) is 54.6 Å². The van der Waals surface area contributed by atoms with Crippen LogP contribution in [0.5, 0.6) is 5.75 Å². The Bertz CT molecular complexity index is 707. The van der Waals surface area contributed by atoms with Gasteiger partial charge in [0.15, 0.2) is 0 Å². The van der Waals surface area contributed by atoms with Crippen LogP contribution in [-0.4, -0.2) is 48.0 Å². The van der Waals surface area contributed by atoms with Crippen molar-refractivity contribution in [3.8, 4) is 5.75 Å². The van der Waals surface area contributed by atoms with Gasteiger partial charge in [-0.2, -0.15) is 0 Å². The molecular formula is C22H28N2O2. The second-order valence-electron chi connectivity index (χ2n) is 7.09. The predicted octanol–water partition coefficient (Wildman–Crippen LogP) is 3.36. The summed E-state index contributed by atoms with van der Waals surface area (Å²) in [6.07, 6.45) is 0.662. The number of carbonyl (C=O) groups is 1. The van der Waals surface area contributed by atoms with Crippen molar-refractivity contribution < 1.29 is 9.53 Å². The Kier molecular flexibility index (Phi) is 6.29. The molecule has 1 fully saturated rings. The van der Waals surface area contributed by atoms with Crippen LogP contribution in [0.4, 0.5) is 0 Å². The fourth-order valence-corrected chi connectivity index (χ4v) is 3.28. The molecule has 0 spiro atoms. The maximum absolute atomic E-state index is 12.5. The van der Waals surface area contributed by atoms with Crippen molar-refractivity contribution >= 4 is 5.91 Å². The molecule has 3 rings (SSSR count). The molecule has 1 amide bonds. The molecule has 0 unspecified atom stereocenters. The fourth-order valence-electron chi connectivity index (χ4n) is 3.28. The Balaban J connectivity index is 1.52. The Labute approximate surface area is 156 Å². The van der Waals surface area contributed by atoms with Crippen LogP contribution < -0.4 is 4.74 Å². The highest BCUT2D eigenvalue weighted by Crippen LogP contribution is 2.22. The quantitative estimate of drug-likeness (QED) is 0.799. The highest BCUT2D eigenvalue weighted by atomic mass is 16.5. The van der Waals surface area contributed by atoms with Gasteiger partial charge < -0.3 is 9.64 Å². The molecule has 138 valence electrons. The van der Waals surface area contributed by atoms with Crippen LogP contribution in [0.25, 0.3) is 0 Å². The van der Waals surface area contributed by atoms with Crippen molar-refractivity contribution in [2.45, 2.75) is 32.9 Å². The summed E-state index contributed by atoms with van der Waals surface area (Å²) in [7, 11) is 0. The number of nitrogens with zero attached hydrogens (tertiary/aromatic N) is 2. The predicted molar refractivity (Wildman–Crippen MR) is 104 cm³/mol. The van der Waals surface area contributed by atoms with Crippen LogP contribution in [-0.2, 0) is 17.8 Å². The number of para-hydroxylation sites is 1. The molecule has 1 saturated heterocycles. The van der Waals surface area contributed by atoms with Gasteiger partial charge in [0.25, 0.3) is 0 Å². The second-order valence-corrected chi connectivity index (χ2v) is 7.09. The lowest BCUT2D eigenvalue weighted by Crippen LogP contribution is -2.48. The molecule has 26 heavy (non-hydrogen) atoms. The summed E-state index contributed by atoms with van der Waals surface area (Å²) in [4.78, 5) is 16.9. The molecule has 0 saturated carbocycles. The van der Waals surface area contributed by atoms with Gasteiger partial charge in [-0.1, -0.05) is 48.5 Å². The molecule has 4 heteroatoms. The number of piperazine rings is 1. The molecule has 0 radical (unpaired) electrons. The van der Waals surface area contributed by atoms with E-state index in [0.29, 0.717) is 6.42 Å². The number of carbonyl (C=O) groups excluding carboxylic acids is 1. The summed E-state index contributed by atoms with van der Waals surface area (Å²) >= 11 is 0. The molecule has 0 bridgehead atoms. The molecular weight excluding hydrogens is 324 g/mol. The van der Waals surface area contributed by atoms with Crippen molar-refractivity contribution in [1.29, 1.82) is 0 Å². The first-order chi connectivity index (χ1) is 12.6. The normalized spacial score (nSPS) is 15.3. The summed E-state index contributed by atoms with van der Waals surface area (Å²) in [6, 6.07) is 18.2. The number of ether oxygens (including phenoxy) is 1. The van der Waals surface area contributed by atoms with Gasteiger partial charge in [-0.3, -0.25) is 9.69 Å². The highest BCUT2D eigenvalue weighted by molar-refractivity contribution is 5.78. The van der Waals surface area contributed by atoms with Gasteiger partial charge in [0.1, 0.15) is 5.75 Å². The summed E-state index contributed by atoms with van der Waals surface area (Å²) in [5, 5.41) is 0. The maximum atomic E-state index is 12.5. The monoisotopic (exact) mass is 352 g/mol. The first-order valence-electron chi connectivity index (χ1n) is 9.40. The van der Waals surface area contributed by atoms with E-state index in [9.17, 15) is 4.79 Å². The number of hydrogen-bond acceptors (Lipinski definition) is 3. The minimum absolute atomic E-state index is 0.170. The molecule has 1 heterocycles. The van der Waals surface area contributed by atoms with Crippen molar-refractivity contribution in [2.75, 3.05) is 26.2 Å². The third-order valence-corrected chi connectivity index (χ3v) is 4.65. The van der Waals surface area contributed by atoms with E-state index in [2.05, 4.69) is 17.0 Å². The molecule has 0 atom stereocenters. The molecule has 1 aliphatic heterocycles. The average Bonchev–Trinajstić information content (AvgIpc) is 2.64. The van der Waals surface area contributed by atoms with Gasteiger partial charge in [-0.15, -0.1) is 0 Å². The van der Waals surface area contributed by atoms with Crippen molar-refractivity contribution in [2.24, 2.45) is 0 Å². The third kappa shape index (κ3) is 5.09. The highest BCUT2D eigenvalue weighted by Gasteiger charge is 2.22. The van der Waals surface area contributed by atoms with Gasteiger partial charge in [0.2, 0.25) is 5.91 Å². The zero-order valence-corrected chi connectivity index (χ0v) is 15.7. The van der Waals surface area contributed by atoms with E-state index in [-0.39, 0.29) is 12.0 Å². The first kappa shape index (κ1) is 18.5. The molecule has 0 aliphatic carbocycles. The van der Waals surface area contributed by atoms with E-state index in [4.69, 9.17) is 4.74 Å². The Morgan fingerprint density at radius 3 is 2.31 bits per heavy atom. The van der Waals surface area contributed by atoms with Crippen molar-refractivity contribution in [1.82, 2.24) is 9.80 Å². The van der Waals surface area contributed by atoms with Crippen LogP contribution >= 0.6 is 0 Å². The van der Waals surface area contributed by atoms with Gasteiger partial charge in [-0.25, -0.2) is 0 Å². The molecule has 2 aromatic rings. The van der Waals surface area contributed by atoms with E-state index < -0.39 is 0 Å². The zero-order chi connectivity index (χ0) is 18.4. The van der Waals surface area contributed by atoms with Crippen LogP contribution in [0, 0.1) is 0 Å². The summed E-state index contributed by atoms with van der Waals surface area (Å²) < 4.78 is 5.92. The lowest BCUT2D eigenvalue weighted by atomic mass is 10.1. The topological polar surface area (TPSA) is 32.8 Å². The van der Waals surface area contributed by atoms with Crippen LogP contribution in [0.3, 0.4) is 0 Å². The van der Waals surface area contributed by atoms with Crippen LogP contribution in [0.2, 0.25) is 0 Å². The number of rotatable bonds is 6. The van der Waals surface area contributed by atoms with E-state index in [1.54, 1.807) is 0 Å². The number of hydrogen-bond donors (Lipinski definition) is 0. The maximum Gasteiger partial charge on any atom is 0.227 e. The summed E-state index contributed by atoms with van der Waals surface area (Å²) in [5.74, 6) is 1.18. The average molecular weight is 352 g/mol. The van der Waals surface area contributed by atoms with E-state index in [0.717, 1.165) is 44.0 Å². The summed E-state index contributed by atoms with van der Waals surface area (Å²) in [5.41, 5.74) is 2.30.